The molecule has 0 spiro atoms. The van der Waals surface area contributed by atoms with Gasteiger partial charge in [0, 0.05) is 11.4 Å². The van der Waals surface area contributed by atoms with Crippen molar-refractivity contribution in [1.82, 2.24) is 15.1 Å². The molecule has 138 valence electrons. The number of fused-ring (bicyclic) bond motifs is 1. The van der Waals surface area contributed by atoms with Crippen molar-refractivity contribution < 1.29 is 4.79 Å². The third-order valence-corrected chi connectivity index (χ3v) is 6.41. The summed E-state index contributed by atoms with van der Waals surface area (Å²) >= 11 is 1.82. The summed E-state index contributed by atoms with van der Waals surface area (Å²) in [4.78, 5) is 19.1. The largest absolute Gasteiger partial charge is 0.330 e. The summed E-state index contributed by atoms with van der Waals surface area (Å²) in [5, 5.41) is 5.61. The molecule has 1 aromatic heterocycles. The van der Waals surface area contributed by atoms with Gasteiger partial charge in [-0.1, -0.05) is 30.3 Å². The first-order valence-corrected chi connectivity index (χ1v) is 10.5. The van der Waals surface area contributed by atoms with Crippen molar-refractivity contribution in [2.45, 2.75) is 25.3 Å². The molecule has 0 radical (unpaired) electrons. The summed E-state index contributed by atoms with van der Waals surface area (Å²) in [5.74, 6) is 0.268. The molecule has 1 unspecified atom stereocenters. The lowest BCUT2D eigenvalue weighted by Crippen LogP contribution is -2.46. The number of carbonyl (C=O) groups excluding carboxylic acids is 1. The Kier molecular flexibility index (Phi) is 5.68. The maximum absolute atomic E-state index is 13.3. The molecule has 1 atom stereocenters. The minimum atomic E-state index is 0.0649. The Labute approximate surface area is 159 Å². The highest BCUT2D eigenvalue weighted by Gasteiger charge is 2.33. The van der Waals surface area contributed by atoms with Crippen LogP contribution in [0.1, 0.15) is 34.9 Å². The average Bonchev–Trinajstić information content (AvgIpc) is 3.12. The van der Waals surface area contributed by atoms with E-state index in [0.717, 1.165) is 52.0 Å². The number of nitrogens with one attached hydrogen (secondary N) is 1. The molecular weight excluding hydrogens is 342 g/mol. The summed E-state index contributed by atoms with van der Waals surface area (Å²) in [6.45, 7) is 5.49. The van der Waals surface area contributed by atoms with Crippen LogP contribution in [0.25, 0.3) is 0 Å². The van der Waals surface area contributed by atoms with E-state index in [2.05, 4.69) is 50.8 Å². The lowest BCUT2D eigenvalue weighted by atomic mass is 9.93. The quantitative estimate of drug-likeness (QED) is 0.904. The van der Waals surface area contributed by atoms with Gasteiger partial charge in [-0.3, -0.25) is 9.69 Å². The smallest absolute Gasteiger partial charge is 0.237 e. The number of hydrogen-bond acceptors (Lipinski definition) is 4. The van der Waals surface area contributed by atoms with Gasteiger partial charge in [-0.05, 0) is 68.0 Å². The second-order valence-electron chi connectivity index (χ2n) is 7.18. The number of rotatable bonds is 3. The van der Waals surface area contributed by atoms with Gasteiger partial charge in [-0.2, -0.15) is 0 Å². The molecule has 4 nitrogen and oxygen atoms in total. The molecule has 2 aliphatic heterocycles. The summed E-state index contributed by atoms with van der Waals surface area (Å²) in [6, 6.07) is 12.8. The molecule has 5 heteroatoms. The first-order valence-electron chi connectivity index (χ1n) is 9.66. The molecule has 0 bridgehead atoms. The van der Waals surface area contributed by atoms with Crippen LogP contribution in [0.2, 0.25) is 0 Å². The molecule has 2 aliphatic rings. The molecule has 1 N–H and O–H groups in total. The van der Waals surface area contributed by atoms with Gasteiger partial charge in [0.15, 0.2) is 0 Å². The van der Waals surface area contributed by atoms with Crippen molar-refractivity contribution in [2.24, 2.45) is 0 Å². The SMILES string of the molecule is O=C(CN1CCCNCCC1)N1CCc2sccc2C1c1ccccc1. The first-order chi connectivity index (χ1) is 12.8. The Balaban J connectivity index is 1.55. The maximum Gasteiger partial charge on any atom is 0.237 e. The molecule has 1 amide bonds. The highest BCUT2D eigenvalue weighted by Crippen LogP contribution is 2.37. The number of carbonyl (C=O) groups is 1. The summed E-state index contributed by atoms with van der Waals surface area (Å²) < 4.78 is 0. The van der Waals surface area contributed by atoms with Gasteiger partial charge in [0.05, 0.1) is 12.6 Å². The third-order valence-electron chi connectivity index (χ3n) is 5.42. The second-order valence-corrected chi connectivity index (χ2v) is 8.18. The van der Waals surface area contributed by atoms with Gasteiger partial charge in [-0.25, -0.2) is 0 Å². The van der Waals surface area contributed by atoms with Gasteiger partial charge < -0.3 is 10.2 Å². The predicted octanol–water partition coefficient (Wildman–Crippen LogP) is 2.91. The van der Waals surface area contributed by atoms with E-state index in [1.165, 1.54) is 16.0 Å². The molecule has 4 rings (SSSR count). The average molecular weight is 370 g/mol. The van der Waals surface area contributed by atoms with Gasteiger partial charge in [0.2, 0.25) is 5.91 Å². The summed E-state index contributed by atoms with van der Waals surface area (Å²) in [6.07, 6.45) is 3.21. The Morgan fingerprint density at radius 1 is 1.08 bits per heavy atom. The van der Waals surface area contributed by atoms with Gasteiger partial charge in [0.1, 0.15) is 0 Å². The van der Waals surface area contributed by atoms with E-state index in [1.54, 1.807) is 0 Å². The van der Waals surface area contributed by atoms with E-state index in [1.807, 2.05) is 17.4 Å². The number of hydrogen-bond donors (Lipinski definition) is 1. The first kappa shape index (κ1) is 17.7. The fourth-order valence-electron chi connectivity index (χ4n) is 4.11. The number of nitrogens with zero attached hydrogens (tertiary/aromatic N) is 2. The van der Waals surface area contributed by atoms with Crippen LogP contribution in [-0.2, 0) is 11.2 Å². The van der Waals surface area contributed by atoms with Crippen LogP contribution in [0.3, 0.4) is 0 Å². The fourth-order valence-corrected chi connectivity index (χ4v) is 5.02. The lowest BCUT2D eigenvalue weighted by molar-refractivity contribution is -0.134. The molecule has 26 heavy (non-hydrogen) atoms. The number of benzene rings is 1. The van der Waals surface area contributed by atoms with Crippen molar-refractivity contribution in [1.29, 1.82) is 0 Å². The molecule has 0 aliphatic carbocycles. The van der Waals surface area contributed by atoms with Crippen LogP contribution in [0.4, 0.5) is 0 Å². The van der Waals surface area contributed by atoms with E-state index in [4.69, 9.17) is 0 Å². The van der Waals surface area contributed by atoms with E-state index in [-0.39, 0.29) is 11.9 Å². The monoisotopic (exact) mass is 369 g/mol. The normalized spacial score (nSPS) is 21.7. The predicted molar refractivity (Wildman–Crippen MR) is 107 cm³/mol. The third kappa shape index (κ3) is 3.85. The minimum absolute atomic E-state index is 0.0649. The van der Waals surface area contributed by atoms with Crippen LogP contribution >= 0.6 is 11.3 Å². The van der Waals surface area contributed by atoms with E-state index < -0.39 is 0 Å². The van der Waals surface area contributed by atoms with Gasteiger partial charge in [-0.15, -0.1) is 11.3 Å². The Morgan fingerprint density at radius 2 is 1.85 bits per heavy atom. The summed E-state index contributed by atoms with van der Waals surface area (Å²) in [7, 11) is 0. The topological polar surface area (TPSA) is 35.6 Å². The molecule has 1 fully saturated rings. The molecular formula is C21H27N3OS. The second kappa shape index (κ2) is 8.33. The summed E-state index contributed by atoms with van der Waals surface area (Å²) in [5.41, 5.74) is 2.54. The standard InChI is InChI=1S/C21H27N3OS/c25-20(16-23-12-4-10-22-11-5-13-23)24-14-8-19-18(9-15-26-19)21(24)17-6-2-1-3-7-17/h1-3,6-7,9,15,21-22H,4-5,8,10-14,16H2. The Hall–Kier alpha value is -1.69. The molecule has 1 aromatic carbocycles. The molecule has 0 saturated carbocycles. The van der Waals surface area contributed by atoms with Crippen molar-refractivity contribution in [2.75, 3.05) is 39.3 Å². The van der Waals surface area contributed by atoms with Crippen LogP contribution in [-0.4, -0.2) is 55.0 Å². The van der Waals surface area contributed by atoms with Crippen LogP contribution in [0.5, 0.6) is 0 Å². The minimum Gasteiger partial charge on any atom is -0.330 e. The number of thiophene rings is 1. The molecule has 1 saturated heterocycles. The zero-order valence-corrected chi connectivity index (χ0v) is 16.0. The van der Waals surface area contributed by atoms with Gasteiger partial charge in [0.25, 0.3) is 0 Å². The molecule has 3 heterocycles. The lowest BCUT2D eigenvalue weighted by Gasteiger charge is -2.38. The van der Waals surface area contributed by atoms with E-state index >= 15 is 0 Å². The Bertz CT molecular complexity index is 722. The molecule has 2 aromatic rings. The van der Waals surface area contributed by atoms with Crippen molar-refractivity contribution in [3.8, 4) is 0 Å². The maximum atomic E-state index is 13.3. The Morgan fingerprint density at radius 3 is 2.62 bits per heavy atom. The zero-order valence-electron chi connectivity index (χ0n) is 15.2. The van der Waals surface area contributed by atoms with Crippen molar-refractivity contribution in [3.05, 3.63) is 57.8 Å². The van der Waals surface area contributed by atoms with E-state index in [9.17, 15) is 4.79 Å². The van der Waals surface area contributed by atoms with Crippen LogP contribution in [0.15, 0.2) is 41.8 Å². The fraction of sp³-hybridized carbons (Fsp3) is 0.476. The van der Waals surface area contributed by atoms with Gasteiger partial charge >= 0.3 is 0 Å². The van der Waals surface area contributed by atoms with Crippen molar-refractivity contribution in [3.63, 3.8) is 0 Å². The van der Waals surface area contributed by atoms with Crippen molar-refractivity contribution >= 4 is 17.2 Å². The van der Waals surface area contributed by atoms with Crippen LogP contribution in [0, 0.1) is 0 Å². The highest BCUT2D eigenvalue weighted by atomic mass is 32.1. The van der Waals surface area contributed by atoms with E-state index in [0.29, 0.717) is 6.54 Å². The highest BCUT2D eigenvalue weighted by molar-refractivity contribution is 7.10. The number of amides is 1. The van der Waals surface area contributed by atoms with Crippen LogP contribution < -0.4 is 5.32 Å². The zero-order chi connectivity index (χ0) is 17.8.